The molecule has 2 aromatic carbocycles. The lowest BCUT2D eigenvalue weighted by Gasteiger charge is -2.21. The van der Waals surface area contributed by atoms with E-state index in [9.17, 15) is 5.11 Å². The van der Waals surface area contributed by atoms with E-state index in [1.807, 2.05) is 6.07 Å². The summed E-state index contributed by atoms with van der Waals surface area (Å²) in [6.07, 6.45) is 6.53. The van der Waals surface area contributed by atoms with Crippen LogP contribution in [0.1, 0.15) is 40.7 Å². The van der Waals surface area contributed by atoms with Gasteiger partial charge >= 0.3 is 0 Å². The van der Waals surface area contributed by atoms with Crippen LogP contribution in [0.5, 0.6) is 11.5 Å². The van der Waals surface area contributed by atoms with Gasteiger partial charge in [0.2, 0.25) is 0 Å². The predicted octanol–water partition coefficient (Wildman–Crippen LogP) is 3.11. The number of aryl methyl sites for hydroxylation is 1. The molecule has 0 saturated carbocycles. The standard InChI is InChI=1S/C23H29N3O2/c1-24-23(25-12-10-16-6-9-22-18(14-16)11-13-28-22)26-15-20-19-5-3-2-4-17(19)7-8-21(20)27/h6-9,14,27H,2-5,10-13,15H2,1H3,(H2,24,25,26). The number of aliphatic imine (C=N–C) groups is 1. The summed E-state index contributed by atoms with van der Waals surface area (Å²) in [6, 6.07) is 10.4. The maximum atomic E-state index is 10.3. The molecule has 0 spiro atoms. The normalized spacial score (nSPS) is 15.5. The van der Waals surface area contributed by atoms with E-state index in [-0.39, 0.29) is 0 Å². The maximum Gasteiger partial charge on any atom is 0.191 e. The van der Waals surface area contributed by atoms with E-state index in [1.54, 1.807) is 7.05 Å². The van der Waals surface area contributed by atoms with Crippen LogP contribution in [-0.2, 0) is 32.2 Å². The van der Waals surface area contributed by atoms with Gasteiger partial charge in [0.25, 0.3) is 0 Å². The first kappa shape index (κ1) is 18.7. The van der Waals surface area contributed by atoms with Gasteiger partial charge in [0.15, 0.2) is 5.96 Å². The van der Waals surface area contributed by atoms with Gasteiger partial charge in [0.05, 0.1) is 6.61 Å². The molecule has 0 saturated heterocycles. The van der Waals surface area contributed by atoms with Gasteiger partial charge in [-0.3, -0.25) is 4.99 Å². The van der Waals surface area contributed by atoms with Gasteiger partial charge in [-0.15, -0.1) is 0 Å². The van der Waals surface area contributed by atoms with Gasteiger partial charge < -0.3 is 20.5 Å². The van der Waals surface area contributed by atoms with E-state index in [1.165, 1.54) is 35.1 Å². The number of benzene rings is 2. The zero-order valence-corrected chi connectivity index (χ0v) is 16.6. The Hall–Kier alpha value is -2.69. The minimum absolute atomic E-state index is 0.379. The molecule has 0 fully saturated rings. The molecule has 0 unspecified atom stereocenters. The Morgan fingerprint density at radius 2 is 1.96 bits per heavy atom. The Morgan fingerprint density at radius 3 is 2.86 bits per heavy atom. The third-order valence-corrected chi connectivity index (χ3v) is 5.74. The van der Waals surface area contributed by atoms with Crippen LogP contribution < -0.4 is 15.4 Å². The quantitative estimate of drug-likeness (QED) is 0.552. The lowest BCUT2D eigenvalue weighted by molar-refractivity contribution is 0.357. The summed E-state index contributed by atoms with van der Waals surface area (Å²) in [5.41, 5.74) is 6.32. The van der Waals surface area contributed by atoms with Crippen molar-refractivity contribution in [1.29, 1.82) is 0 Å². The average molecular weight is 380 g/mol. The second kappa shape index (κ2) is 8.55. The van der Waals surface area contributed by atoms with Crippen molar-refractivity contribution in [2.24, 2.45) is 4.99 Å². The molecular formula is C23H29N3O2. The predicted molar refractivity (Wildman–Crippen MR) is 112 cm³/mol. The number of fused-ring (bicyclic) bond motifs is 2. The molecule has 0 radical (unpaired) electrons. The number of rotatable bonds is 5. The zero-order chi connectivity index (χ0) is 19.3. The number of nitrogens with one attached hydrogen (secondary N) is 2. The van der Waals surface area contributed by atoms with Crippen LogP contribution in [0.25, 0.3) is 0 Å². The second-order valence-electron chi connectivity index (χ2n) is 7.55. The summed E-state index contributed by atoms with van der Waals surface area (Å²) in [5.74, 6) is 2.17. The maximum absolute atomic E-state index is 10.3. The number of aromatic hydroxyl groups is 1. The Bertz CT molecular complexity index is 876. The van der Waals surface area contributed by atoms with Gasteiger partial charge in [-0.1, -0.05) is 18.2 Å². The van der Waals surface area contributed by atoms with Gasteiger partial charge in [-0.25, -0.2) is 0 Å². The van der Waals surface area contributed by atoms with Crippen LogP contribution in [-0.4, -0.2) is 31.3 Å². The van der Waals surface area contributed by atoms with Gasteiger partial charge in [-0.2, -0.15) is 0 Å². The van der Waals surface area contributed by atoms with Gasteiger partial charge in [-0.05, 0) is 66.5 Å². The Morgan fingerprint density at radius 1 is 1.07 bits per heavy atom. The number of hydrogen-bond acceptors (Lipinski definition) is 3. The van der Waals surface area contributed by atoms with Crippen molar-refractivity contribution in [3.05, 3.63) is 58.1 Å². The molecule has 2 aromatic rings. The first-order valence-electron chi connectivity index (χ1n) is 10.3. The summed E-state index contributed by atoms with van der Waals surface area (Å²) >= 11 is 0. The molecule has 4 rings (SSSR count). The highest BCUT2D eigenvalue weighted by molar-refractivity contribution is 5.79. The fraction of sp³-hybridized carbons (Fsp3) is 0.435. The van der Waals surface area contributed by atoms with E-state index in [0.29, 0.717) is 12.3 Å². The van der Waals surface area contributed by atoms with E-state index in [4.69, 9.17) is 4.74 Å². The fourth-order valence-corrected chi connectivity index (χ4v) is 4.20. The van der Waals surface area contributed by atoms with Crippen molar-refractivity contribution >= 4 is 5.96 Å². The summed E-state index contributed by atoms with van der Waals surface area (Å²) in [7, 11) is 1.78. The highest BCUT2D eigenvalue weighted by atomic mass is 16.5. The lowest BCUT2D eigenvalue weighted by atomic mass is 9.88. The molecule has 28 heavy (non-hydrogen) atoms. The molecule has 1 heterocycles. The van der Waals surface area contributed by atoms with Crippen LogP contribution in [0.2, 0.25) is 0 Å². The molecule has 0 bridgehead atoms. The number of guanidine groups is 1. The second-order valence-corrected chi connectivity index (χ2v) is 7.55. The molecular weight excluding hydrogens is 350 g/mol. The minimum atomic E-state index is 0.379. The minimum Gasteiger partial charge on any atom is -0.508 e. The molecule has 3 N–H and O–H groups in total. The Kier molecular flexibility index (Phi) is 5.70. The van der Waals surface area contributed by atoms with Crippen LogP contribution in [0.15, 0.2) is 35.3 Å². The first-order chi connectivity index (χ1) is 13.7. The van der Waals surface area contributed by atoms with Crippen LogP contribution in [0, 0.1) is 0 Å². The Labute approximate surface area is 166 Å². The van der Waals surface area contributed by atoms with E-state index in [2.05, 4.69) is 39.9 Å². The summed E-state index contributed by atoms with van der Waals surface area (Å²) < 4.78 is 5.57. The Balaban J connectivity index is 1.32. The van der Waals surface area contributed by atoms with Crippen molar-refractivity contribution in [3.8, 4) is 11.5 Å². The summed E-state index contributed by atoms with van der Waals surface area (Å²) in [6.45, 7) is 2.19. The number of phenols is 1. The van der Waals surface area contributed by atoms with E-state index >= 15 is 0 Å². The van der Waals surface area contributed by atoms with Crippen LogP contribution in [0.3, 0.4) is 0 Å². The fourth-order valence-electron chi connectivity index (χ4n) is 4.20. The van der Waals surface area contributed by atoms with Crippen molar-refractivity contribution in [2.45, 2.75) is 45.1 Å². The van der Waals surface area contributed by atoms with E-state index in [0.717, 1.165) is 56.1 Å². The molecule has 1 aliphatic heterocycles. The van der Waals surface area contributed by atoms with Crippen molar-refractivity contribution in [3.63, 3.8) is 0 Å². The highest BCUT2D eigenvalue weighted by Gasteiger charge is 2.16. The van der Waals surface area contributed by atoms with Crippen LogP contribution in [0.4, 0.5) is 0 Å². The third kappa shape index (κ3) is 4.08. The lowest BCUT2D eigenvalue weighted by Crippen LogP contribution is -2.38. The number of phenolic OH excluding ortho intramolecular Hbond substituents is 1. The molecule has 0 atom stereocenters. The molecule has 0 aromatic heterocycles. The zero-order valence-electron chi connectivity index (χ0n) is 16.6. The highest BCUT2D eigenvalue weighted by Crippen LogP contribution is 2.30. The largest absolute Gasteiger partial charge is 0.508 e. The van der Waals surface area contributed by atoms with Gasteiger partial charge in [0, 0.05) is 32.1 Å². The summed E-state index contributed by atoms with van der Waals surface area (Å²) in [5, 5.41) is 17.1. The molecule has 148 valence electrons. The SMILES string of the molecule is CN=C(NCCc1ccc2c(c1)CCO2)NCc1c(O)ccc2c1CCCC2. The molecule has 1 aliphatic carbocycles. The molecule has 2 aliphatic rings. The number of hydrogen-bond donors (Lipinski definition) is 3. The number of nitrogens with zero attached hydrogens (tertiary/aromatic N) is 1. The average Bonchev–Trinajstić information content (AvgIpc) is 3.19. The van der Waals surface area contributed by atoms with E-state index < -0.39 is 0 Å². The topological polar surface area (TPSA) is 65.9 Å². The van der Waals surface area contributed by atoms with Gasteiger partial charge in [0.1, 0.15) is 11.5 Å². The number of ether oxygens (including phenoxy) is 1. The molecule has 5 nitrogen and oxygen atoms in total. The van der Waals surface area contributed by atoms with Crippen molar-refractivity contribution in [2.75, 3.05) is 20.2 Å². The first-order valence-corrected chi connectivity index (χ1v) is 10.3. The monoisotopic (exact) mass is 379 g/mol. The third-order valence-electron chi connectivity index (χ3n) is 5.74. The van der Waals surface area contributed by atoms with Crippen molar-refractivity contribution < 1.29 is 9.84 Å². The molecule has 0 amide bonds. The van der Waals surface area contributed by atoms with Crippen molar-refractivity contribution in [1.82, 2.24) is 10.6 Å². The smallest absolute Gasteiger partial charge is 0.191 e. The molecule has 5 heteroatoms. The summed E-state index contributed by atoms with van der Waals surface area (Å²) in [4.78, 5) is 4.33. The van der Waals surface area contributed by atoms with Crippen LogP contribution >= 0.6 is 0 Å².